The van der Waals surface area contributed by atoms with Crippen molar-refractivity contribution in [3.8, 4) is 0 Å². The van der Waals surface area contributed by atoms with E-state index in [0.717, 1.165) is 30.2 Å². The van der Waals surface area contributed by atoms with Gasteiger partial charge in [-0.25, -0.2) is 0 Å². The molecule has 1 aliphatic heterocycles. The van der Waals surface area contributed by atoms with Crippen molar-refractivity contribution in [2.75, 3.05) is 18.4 Å². The molecule has 0 unspecified atom stereocenters. The molecule has 0 saturated carbocycles. The molecule has 1 aromatic rings. The molecule has 1 aromatic carbocycles. The molecule has 2 rings (SSSR count). The van der Waals surface area contributed by atoms with Crippen molar-refractivity contribution in [1.29, 1.82) is 0 Å². The van der Waals surface area contributed by atoms with Crippen LogP contribution < -0.4 is 10.6 Å². The van der Waals surface area contributed by atoms with E-state index in [1.807, 2.05) is 12.1 Å². The van der Waals surface area contributed by atoms with Crippen LogP contribution in [-0.4, -0.2) is 33.2 Å². The van der Waals surface area contributed by atoms with E-state index in [9.17, 15) is 0 Å². The molecule has 2 N–H and O–H groups in total. The molecule has 0 bridgehead atoms. The molecular formula is C12H18N4Se. The van der Waals surface area contributed by atoms with E-state index in [1.165, 1.54) is 0 Å². The van der Waals surface area contributed by atoms with Gasteiger partial charge in [0, 0.05) is 0 Å². The summed E-state index contributed by atoms with van der Waals surface area (Å²) in [6, 6.07) is 6.11. The third-order valence-electron chi connectivity index (χ3n) is 2.38. The summed E-state index contributed by atoms with van der Waals surface area (Å²) < 4.78 is 8.81. The maximum absolute atomic E-state index is 4.44. The standard InChI is InChI=1S/C12H18N4Se/c1-12(2,3)14-8-7-13-9-5-4-6-10-11(9)16-17-15-10/h4-6,13-14H,7-8H2,1-3H3. The first-order chi connectivity index (χ1) is 8.06. The zero-order valence-corrected chi connectivity index (χ0v) is 12.2. The Morgan fingerprint density at radius 3 is 2.76 bits per heavy atom. The van der Waals surface area contributed by atoms with Gasteiger partial charge in [0.05, 0.1) is 0 Å². The Morgan fingerprint density at radius 1 is 1.18 bits per heavy atom. The molecule has 92 valence electrons. The molecule has 4 nitrogen and oxygen atoms in total. The second-order valence-electron chi connectivity index (χ2n) is 5.04. The van der Waals surface area contributed by atoms with Gasteiger partial charge in [-0.1, -0.05) is 0 Å². The number of fused-ring (bicyclic) bond motifs is 1. The number of benzene rings is 1. The summed E-state index contributed by atoms with van der Waals surface area (Å²) in [5.41, 5.74) is 3.33. The molecule has 0 saturated heterocycles. The van der Waals surface area contributed by atoms with Crippen LogP contribution in [0.5, 0.6) is 0 Å². The van der Waals surface area contributed by atoms with Gasteiger partial charge in [-0.15, -0.1) is 0 Å². The summed E-state index contributed by atoms with van der Waals surface area (Å²) in [5, 5.41) is 6.86. The summed E-state index contributed by atoms with van der Waals surface area (Å²) in [6.07, 6.45) is 0. The molecule has 0 fully saturated rings. The van der Waals surface area contributed by atoms with Crippen LogP contribution in [0.3, 0.4) is 0 Å². The van der Waals surface area contributed by atoms with Crippen molar-refractivity contribution in [2.45, 2.75) is 26.3 Å². The van der Waals surface area contributed by atoms with Crippen molar-refractivity contribution in [3.63, 3.8) is 0 Å². The van der Waals surface area contributed by atoms with Crippen molar-refractivity contribution in [2.24, 2.45) is 7.92 Å². The minimum absolute atomic E-state index is 0.0454. The van der Waals surface area contributed by atoms with Crippen molar-refractivity contribution in [1.82, 2.24) is 5.32 Å². The SMILES string of the molecule is CC(C)(C)NCCNc1cccc2c1N=[Se]=N2. The molecule has 0 atom stereocenters. The number of nitrogens with zero attached hydrogens (tertiary/aromatic N) is 2. The molecule has 0 aliphatic carbocycles. The predicted molar refractivity (Wildman–Crippen MR) is 72.6 cm³/mol. The van der Waals surface area contributed by atoms with Gasteiger partial charge in [0.25, 0.3) is 0 Å². The third kappa shape index (κ3) is 3.53. The van der Waals surface area contributed by atoms with E-state index in [-0.39, 0.29) is 20.1 Å². The molecule has 1 heterocycles. The molecule has 17 heavy (non-hydrogen) atoms. The summed E-state index contributed by atoms with van der Waals surface area (Å²) in [7, 11) is 0. The van der Waals surface area contributed by atoms with Crippen molar-refractivity contribution >= 4 is 31.6 Å². The van der Waals surface area contributed by atoms with Crippen LogP contribution in [0.15, 0.2) is 26.1 Å². The minimum atomic E-state index is 0.0454. The number of rotatable bonds is 4. The van der Waals surface area contributed by atoms with Crippen LogP contribution in [-0.2, 0) is 0 Å². The Morgan fingerprint density at radius 2 is 2.00 bits per heavy atom. The molecule has 1 aliphatic rings. The topological polar surface area (TPSA) is 48.8 Å². The van der Waals surface area contributed by atoms with Gasteiger partial charge in [0.1, 0.15) is 0 Å². The monoisotopic (exact) mass is 298 g/mol. The predicted octanol–water partition coefficient (Wildman–Crippen LogP) is 2.83. The second-order valence-corrected chi connectivity index (χ2v) is 6.15. The molecule has 0 spiro atoms. The molecule has 0 radical (unpaired) electrons. The average molecular weight is 297 g/mol. The van der Waals surface area contributed by atoms with Gasteiger partial charge < -0.3 is 0 Å². The van der Waals surface area contributed by atoms with E-state index in [1.54, 1.807) is 0 Å². The van der Waals surface area contributed by atoms with E-state index in [4.69, 9.17) is 0 Å². The van der Waals surface area contributed by atoms with Crippen LogP contribution in [0, 0.1) is 0 Å². The van der Waals surface area contributed by atoms with Crippen molar-refractivity contribution in [3.05, 3.63) is 18.2 Å². The fraction of sp³-hybridized carbons (Fsp3) is 0.500. The van der Waals surface area contributed by atoms with Crippen LogP contribution in [0.1, 0.15) is 20.8 Å². The first kappa shape index (κ1) is 12.6. The summed E-state index contributed by atoms with van der Waals surface area (Å²) in [5.74, 6) is 0. The number of hydrogen-bond donors (Lipinski definition) is 2. The molecule has 5 heteroatoms. The second kappa shape index (κ2) is 5.17. The van der Waals surface area contributed by atoms with E-state index >= 15 is 0 Å². The first-order valence-corrected chi connectivity index (χ1v) is 7.30. The number of nitrogens with one attached hydrogen (secondary N) is 2. The zero-order valence-electron chi connectivity index (χ0n) is 10.4. The van der Waals surface area contributed by atoms with Crippen LogP contribution in [0.4, 0.5) is 17.1 Å². The fourth-order valence-electron chi connectivity index (χ4n) is 1.58. The normalized spacial score (nSPS) is 13.4. The van der Waals surface area contributed by atoms with Crippen LogP contribution in [0.2, 0.25) is 0 Å². The summed E-state index contributed by atoms with van der Waals surface area (Å²) in [6.45, 7) is 8.35. The first-order valence-electron chi connectivity index (χ1n) is 5.76. The average Bonchev–Trinajstić information content (AvgIpc) is 2.71. The van der Waals surface area contributed by atoms with Gasteiger partial charge in [-0.3, -0.25) is 0 Å². The third-order valence-corrected chi connectivity index (χ3v) is 3.52. The van der Waals surface area contributed by atoms with Crippen LogP contribution in [0.25, 0.3) is 0 Å². The summed E-state index contributed by atoms with van der Waals surface area (Å²) in [4.78, 5) is 0. The molecular weight excluding hydrogens is 279 g/mol. The van der Waals surface area contributed by atoms with Gasteiger partial charge in [0.2, 0.25) is 0 Å². The number of anilines is 1. The quantitative estimate of drug-likeness (QED) is 0.673. The molecule has 0 amide bonds. The summed E-state index contributed by atoms with van der Waals surface area (Å²) >= 11 is 0.0454. The Hall–Kier alpha value is -0.901. The van der Waals surface area contributed by atoms with Crippen molar-refractivity contribution < 1.29 is 0 Å². The van der Waals surface area contributed by atoms with Gasteiger partial charge in [-0.05, 0) is 0 Å². The van der Waals surface area contributed by atoms with Gasteiger partial charge in [-0.2, -0.15) is 0 Å². The Labute approximate surface area is 108 Å². The van der Waals surface area contributed by atoms with E-state index < -0.39 is 0 Å². The van der Waals surface area contributed by atoms with Gasteiger partial charge >= 0.3 is 108 Å². The number of hydrogen-bond acceptors (Lipinski definition) is 4. The fourth-order valence-corrected chi connectivity index (χ4v) is 2.74. The van der Waals surface area contributed by atoms with E-state index in [0.29, 0.717) is 0 Å². The Kier molecular flexibility index (Phi) is 3.82. The zero-order chi connectivity index (χ0) is 12.3. The Balaban J connectivity index is 1.89. The van der Waals surface area contributed by atoms with Gasteiger partial charge in [0.15, 0.2) is 0 Å². The molecule has 0 aromatic heterocycles. The van der Waals surface area contributed by atoms with Crippen LogP contribution >= 0.6 is 0 Å². The van der Waals surface area contributed by atoms with E-state index in [2.05, 4.69) is 45.4 Å². The maximum atomic E-state index is 4.44. The Bertz CT molecular complexity index is 470.